The van der Waals surface area contributed by atoms with Crippen molar-refractivity contribution in [2.24, 2.45) is 5.41 Å². The van der Waals surface area contributed by atoms with Crippen LogP contribution in [0.25, 0.3) is 0 Å². The second-order valence-corrected chi connectivity index (χ2v) is 6.41. The van der Waals surface area contributed by atoms with E-state index < -0.39 is 5.41 Å². The molecule has 6 nitrogen and oxygen atoms in total. The van der Waals surface area contributed by atoms with E-state index in [1.165, 1.54) is 26.4 Å². The van der Waals surface area contributed by atoms with Crippen molar-refractivity contribution in [3.63, 3.8) is 0 Å². The molecule has 1 aliphatic rings. The highest BCUT2D eigenvalue weighted by atomic mass is 19.1. The molecule has 27 heavy (non-hydrogen) atoms. The van der Waals surface area contributed by atoms with Gasteiger partial charge in [0.05, 0.1) is 19.9 Å². The number of nitrogens with one attached hydrogen (secondary N) is 2. The first kappa shape index (κ1) is 18.7. The van der Waals surface area contributed by atoms with Crippen LogP contribution in [0.4, 0.5) is 10.1 Å². The fourth-order valence-corrected chi connectivity index (χ4v) is 2.78. The molecule has 0 atom stereocenters. The average molecular weight is 372 g/mol. The molecule has 2 aromatic carbocycles. The molecule has 0 bridgehead atoms. The number of carbonyl (C=O) groups is 2. The lowest BCUT2D eigenvalue weighted by atomic mass is 10.0. The summed E-state index contributed by atoms with van der Waals surface area (Å²) in [5.74, 6) is 0.00387. The summed E-state index contributed by atoms with van der Waals surface area (Å²) in [6.45, 7) is 0.236. The maximum absolute atomic E-state index is 12.9. The third-order valence-electron chi connectivity index (χ3n) is 4.64. The lowest BCUT2D eigenvalue weighted by molar-refractivity contribution is -0.134. The maximum atomic E-state index is 12.9. The van der Waals surface area contributed by atoms with Gasteiger partial charge in [-0.3, -0.25) is 9.59 Å². The fourth-order valence-electron chi connectivity index (χ4n) is 2.78. The zero-order chi connectivity index (χ0) is 19.4. The fraction of sp³-hybridized carbons (Fsp3) is 0.300. The lowest BCUT2D eigenvalue weighted by Gasteiger charge is -2.17. The predicted molar refractivity (Wildman–Crippen MR) is 98.1 cm³/mol. The Morgan fingerprint density at radius 1 is 1.04 bits per heavy atom. The van der Waals surface area contributed by atoms with Crippen LogP contribution >= 0.6 is 0 Å². The third-order valence-corrected chi connectivity index (χ3v) is 4.64. The first-order chi connectivity index (χ1) is 13.0. The summed E-state index contributed by atoms with van der Waals surface area (Å²) in [6.07, 6.45) is 0.957. The quantitative estimate of drug-likeness (QED) is 0.733. The van der Waals surface area contributed by atoms with Crippen LogP contribution in [0.5, 0.6) is 11.5 Å². The van der Waals surface area contributed by atoms with Gasteiger partial charge in [-0.1, -0.05) is 12.1 Å². The van der Waals surface area contributed by atoms with Crippen molar-refractivity contribution in [3.8, 4) is 11.5 Å². The predicted octanol–water partition coefficient (Wildman–Crippen LogP) is 2.88. The second-order valence-electron chi connectivity index (χ2n) is 6.41. The lowest BCUT2D eigenvalue weighted by Crippen LogP contribution is -2.39. The summed E-state index contributed by atoms with van der Waals surface area (Å²) >= 11 is 0. The molecule has 1 fully saturated rings. The van der Waals surface area contributed by atoms with Crippen LogP contribution in [-0.2, 0) is 16.1 Å². The van der Waals surface area contributed by atoms with E-state index in [0.29, 0.717) is 30.0 Å². The maximum Gasteiger partial charge on any atom is 0.240 e. The number of amides is 2. The first-order valence-corrected chi connectivity index (χ1v) is 8.55. The Balaban J connectivity index is 1.65. The number of hydrogen-bond donors (Lipinski definition) is 2. The molecule has 1 saturated carbocycles. The van der Waals surface area contributed by atoms with Crippen molar-refractivity contribution in [1.29, 1.82) is 0 Å². The van der Waals surface area contributed by atoms with E-state index in [9.17, 15) is 14.0 Å². The average Bonchev–Trinajstić information content (AvgIpc) is 3.49. The van der Waals surface area contributed by atoms with Crippen LogP contribution in [0.3, 0.4) is 0 Å². The van der Waals surface area contributed by atoms with E-state index in [1.54, 1.807) is 30.3 Å². The molecule has 7 heteroatoms. The van der Waals surface area contributed by atoms with E-state index in [1.807, 2.05) is 0 Å². The topological polar surface area (TPSA) is 76.7 Å². The number of ether oxygens (including phenoxy) is 2. The van der Waals surface area contributed by atoms with Gasteiger partial charge >= 0.3 is 0 Å². The molecular weight excluding hydrogens is 351 g/mol. The third kappa shape index (κ3) is 4.02. The first-order valence-electron chi connectivity index (χ1n) is 8.55. The molecular formula is C20H21FN2O4. The number of rotatable bonds is 7. The summed E-state index contributed by atoms with van der Waals surface area (Å²) in [5.41, 5.74) is 0.156. The molecule has 1 aliphatic carbocycles. The molecule has 2 aromatic rings. The number of hydrogen-bond acceptors (Lipinski definition) is 4. The van der Waals surface area contributed by atoms with Gasteiger partial charge in [0.2, 0.25) is 11.8 Å². The molecule has 142 valence electrons. The van der Waals surface area contributed by atoms with Gasteiger partial charge in [0.15, 0.2) is 0 Å². The minimum atomic E-state index is -1.08. The molecule has 0 saturated heterocycles. The van der Waals surface area contributed by atoms with Crippen molar-refractivity contribution < 1.29 is 23.5 Å². The molecule has 0 spiro atoms. The molecule has 0 unspecified atom stereocenters. The van der Waals surface area contributed by atoms with Gasteiger partial charge in [-0.05, 0) is 42.7 Å². The van der Waals surface area contributed by atoms with E-state index in [2.05, 4.69) is 10.6 Å². The van der Waals surface area contributed by atoms with Gasteiger partial charge in [-0.2, -0.15) is 0 Å². The van der Waals surface area contributed by atoms with E-state index in [0.717, 1.165) is 5.56 Å². The largest absolute Gasteiger partial charge is 0.497 e. The SMILES string of the molecule is COc1ccc(NC(=O)C2(C(=O)NCc3ccc(F)cc3)CC2)c(OC)c1. The van der Waals surface area contributed by atoms with Crippen molar-refractivity contribution >= 4 is 17.5 Å². The Kier molecular flexibility index (Phi) is 5.30. The zero-order valence-corrected chi connectivity index (χ0v) is 15.2. The van der Waals surface area contributed by atoms with E-state index >= 15 is 0 Å². The van der Waals surface area contributed by atoms with Gasteiger partial charge in [0.1, 0.15) is 22.7 Å². The van der Waals surface area contributed by atoms with Gasteiger partial charge < -0.3 is 20.1 Å². The minimum absolute atomic E-state index is 0.236. The Morgan fingerprint density at radius 3 is 2.33 bits per heavy atom. The van der Waals surface area contributed by atoms with E-state index in [-0.39, 0.29) is 24.2 Å². The minimum Gasteiger partial charge on any atom is -0.497 e. The molecule has 0 aromatic heterocycles. The smallest absolute Gasteiger partial charge is 0.240 e. The number of benzene rings is 2. The molecule has 0 radical (unpaired) electrons. The van der Waals surface area contributed by atoms with Crippen LogP contribution in [0.2, 0.25) is 0 Å². The van der Waals surface area contributed by atoms with Gasteiger partial charge in [-0.15, -0.1) is 0 Å². The zero-order valence-electron chi connectivity index (χ0n) is 15.2. The van der Waals surface area contributed by atoms with Crippen LogP contribution in [0.15, 0.2) is 42.5 Å². The van der Waals surface area contributed by atoms with Gasteiger partial charge in [0.25, 0.3) is 0 Å². The van der Waals surface area contributed by atoms with E-state index in [4.69, 9.17) is 9.47 Å². The second kappa shape index (κ2) is 7.65. The molecule has 0 aliphatic heterocycles. The van der Waals surface area contributed by atoms with Crippen molar-refractivity contribution in [2.75, 3.05) is 19.5 Å². The summed E-state index contributed by atoms with van der Waals surface area (Å²) in [6, 6.07) is 10.9. The summed E-state index contributed by atoms with van der Waals surface area (Å²) in [7, 11) is 3.03. The monoisotopic (exact) mass is 372 g/mol. The van der Waals surface area contributed by atoms with Crippen molar-refractivity contribution in [3.05, 3.63) is 53.8 Å². The number of methoxy groups -OCH3 is 2. The number of carbonyl (C=O) groups excluding carboxylic acids is 2. The standard InChI is InChI=1S/C20H21FN2O4/c1-26-15-7-8-16(17(11-15)27-2)23-19(25)20(9-10-20)18(24)22-12-13-3-5-14(21)6-4-13/h3-8,11H,9-10,12H2,1-2H3,(H,22,24)(H,23,25). The van der Waals surface area contributed by atoms with Crippen LogP contribution < -0.4 is 20.1 Å². The molecule has 2 N–H and O–H groups in total. The Hall–Kier alpha value is -3.09. The summed E-state index contributed by atoms with van der Waals surface area (Å²) < 4.78 is 23.4. The number of halogens is 1. The molecule has 0 heterocycles. The Labute approximate surface area is 156 Å². The molecule has 2 amide bonds. The van der Waals surface area contributed by atoms with Gasteiger partial charge in [-0.25, -0.2) is 4.39 Å². The van der Waals surface area contributed by atoms with Crippen LogP contribution in [0.1, 0.15) is 18.4 Å². The van der Waals surface area contributed by atoms with Crippen LogP contribution in [0, 0.1) is 11.2 Å². The van der Waals surface area contributed by atoms with Crippen LogP contribution in [-0.4, -0.2) is 26.0 Å². The highest BCUT2D eigenvalue weighted by Gasteiger charge is 2.56. The highest BCUT2D eigenvalue weighted by molar-refractivity contribution is 6.13. The Bertz CT molecular complexity index is 848. The Morgan fingerprint density at radius 2 is 1.74 bits per heavy atom. The highest BCUT2D eigenvalue weighted by Crippen LogP contribution is 2.47. The van der Waals surface area contributed by atoms with Crippen molar-refractivity contribution in [1.82, 2.24) is 5.32 Å². The van der Waals surface area contributed by atoms with Crippen molar-refractivity contribution in [2.45, 2.75) is 19.4 Å². The molecule has 3 rings (SSSR count). The summed E-state index contributed by atoms with van der Waals surface area (Å²) in [4.78, 5) is 25.3. The number of anilines is 1. The van der Waals surface area contributed by atoms with Gasteiger partial charge in [0, 0.05) is 12.6 Å². The normalized spacial score (nSPS) is 14.2. The summed E-state index contributed by atoms with van der Waals surface area (Å²) in [5, 5.41) is 5.53.